The molecule has 178 valence electrons. The molecule has 2 aliphatic heterocycles. The SMILES string of the molecule is O=C(NCO)c1ccc2c(c1)CCOC2CCN1CCN(c2ccc(C(F)(F)F)cc2)CC1. The number of carbonyl (C=O) groups excluding carboxylic acids is 1. The van der Waals surface area contributed by atoms with E-state index in [1.165, 1.54) is 0 Å². The Balaban J connectivity index is 1.29. The van der Waals surface area contributed by atoms with E-state index in [0.29, 0.717) is 12.2 Å². The van der Waals surface area contributed by atoms with Gasteiger partial charge in [0.15, 0.2) is 0 Å². The minimum atomic E-state index is -4.32. The maximum Gasteiger partial charge on any atom is 0.416 e. The number of anilines is 1. The van der Waals surface area contributed by atoms with Crippen LogP contribution < -0.4 is 10.2 Å². The predicted octanol–water partition coefficient (Wildman–Crippen LogP) is 3.21. The number of piperazine rings is 1. The Morgan fingerprint density at radius 1 is 1.09 bits per heavy atom. The summed E-state index contributed by atoms with van der Waals surface area (Å²) in [5.74, 6) is -0.297. The molecule has 0 bridgehead atoms. The van der Waals surface area contributed by atoms with Crippen LogP contribution in [0.2, 0.25) is 0 Å². The fourth-order valence-corrected chi connectivity index (χ4v) is 4.48. The molecule has 2 N–H and O–H groups in total. The summed E-state index contributed by atoms with van der Waals surface area (Å²) in [6.07, 6.45) is -2.77. The topological polar surface area (TPSA) is 65.0 Å². The Morgan fingerprint density at radius 2 is 1.82 bits per heavy atom. The molecule has 1 amide bonds. The molecule has 1 fully saturated rings. The molecule has 2 aromatic carbocycles. The second kappa shape index (κ2) is 10.1. The van der Waals surface area contributed by atoms with Crippen LogP contribution >= 0.6 is 0 Å². The van der Waals surface area contributed by atoms with Gasteiger partial charge >= 0.3 is 6.18 Å². The van der Waals surface area contributed by atoms with Gasteiger partial charge in [0.1, 0.15) is 6.73 Å². The third-order valence-electron chi connectivity index (χ3n) is 6.32. The zero-order chi connectivity index (χ0) is 23.4. The average molecular weight is 464 g/mol. The zero-order valence-electron chi connectivity index (χ0n) is 18.3. The molecule has 2 aromatic rings. The van der Waals surface area contributed by atoms with E-state index in [-0.39, 0.29) is 12.0 Å². The minimum Gasteiger partial charge on any atom is -0.376 e. The number of fused-ring (bicyclic) bond motifs is 1. The number of aliphatic hydroxyl groups is 1. The zero-order valence-corrected chi connectivity index (χ0v) is 18.3. The van der Waals surface area contributed by atoms with Gasteiger partial charge in [-0.2, -0.15) is 13.2 Å². The summed E-state index contributed by atoms with van der Waals surface area (Å²) < 4.78 is 44.3. The van der Waals surface area contributed by atoms with E-state index in [1.807, 2.05) is 12.1 Å². The highest BCUT2D eigenvalue weighted by Crippen LogP contribution is 2.32. The Labute approximate surface area is 190 Å². The number of alkyl halides is 3. The van der Waals surface area contributed by atoms with Crippen molar-refractivity contribution in [2.24, 2.45) is 0 Å². The molecule has 6 nitrogen and oxygen atoms in total. The molecule has 2 heterocycles. The van der Waals surface area contributed by atoms with Crippen LogP contribution in [0, 0.1) is 0 Å². The molecule has 2 aliphatic rings. The number of hydrogen-bond acceptors (Lipinski definition) is 5. The van der Waals surface area contributed by atoms with Crippen LogP contribution in [-0.4, -0.2) is 62.0 Å². The summed E-state index contributed by atoms with van der Waals surface area (Å²) in [6, 6.07) is 10.9. The van der Waals surface area contributed by atoms with E-state index in [1.54, 1.807) is 18.2 Å². The lowest BCUT2D eigenvalue weighted by atomic mass is 9.93. The van der Waals surface area contributed by atoms with E-state index in [0.717, 1.165) is 74.5 Å². The van der Waals surface area contributed by atoms with Crippen LogP contribution in [0.15, 0.2) is 42.5 Å². The van der Waals surface area contributed by atoms with E-state index >= 15 is 0 Å². The maximum absolute atomic E-state index is 12.8. The highest BCUT2D eigenvalue weighted by molar-refractivity contribution is 5.94. The van der Waals surface area contributed by atoms with Crippen molar-refractivity contribution >= 4 is 11.6 Å². The van der Waals surface area contributed by atoms with Crippen LogP contribution in [0.25, 0.3) is 0 Å². The number of halogens is 3. The van der Waals surface area contributed by atoms with Gasteiger partial charge in [0, 0.05) is 44.0 Å². The van der Waals surface area contributed by atoms with Gasteiger partial charge in [-0.25, -0.2) is 0 Å². The Hall–Kier alpha value is -2.62. The number of nitrogens with zero attached hydrogens (tertiary/aromatic N) is 2. The largest absolute Gasteiger partial charge is 0.416 e. The van der Waals surface area contributed by atoms with Crippen LogP contribution in [0.5, 0.6) is 0 Å². The third-order valence-corrected chi connectivity index (χ3v) is 6.32. The standard InChI is InChI=1S/C24H28F3N3O3/c25-24(26,27)19-2-4-20(5-3-19)30-12-10-29(11-13-30)9-7-22-21-6-1-18(23(32)28-16-31)15-17(21)8-14-33-22/h1-6,15,22,31H,7-14,16H2,(H,28,32). The molecule has 33 heavy (non-hydrogen) atoms. The summed E-state index contributed by atoms with van der Waals surface area (Å²) in [4.78, 5) is 16.4. The number of hydrogen-bond donors (Lipinski definition) is 2. The first-order valence-corrected chi connectivity index (χ1v) is 11.1. The molecule has 4 rings (SSSR count). The molecule has 0 aromatic heterocycles. The summed E-state index contributed by atoms with van der Waals surface area (Å²) in [7, 11) is 0. The van der Waals surface area contributed by atoms with Gasteiger partial charge in [0.25, 0.3) is 5.91 Å². The van der Waals surface area contributed by atoms with Gasteiger partial charge in [-0.15, -0.1) is 0 Å². The van der Waals surface area contributed by atoms with Crippen molar-refractivity contribution in [2.75, 3.05) is 51.0 Å². The lowest BCUT2D eigenvalue weighted by molar-refractivity contribution is -0.137. The molecule has 0 saturated carbocycles. The predicted molar refractivity (Wildman–Crippen MR) is 118 cm³/mol. The van der Waals surface area contributed by atoms with Crippen LogP contribution in [0.3, 0.4) is 0 Å². The fraction of sp³-hybridized carbons (Fsp3) is 0.458. The van der Waals surface area contributed by atoms with E-state index < -0.39 is 18.5 Å². The van der Waals surface area contributed by atoms with Crippen molar-refractivity contribution in [3.8, 4) is 0 Å². The van der Waals surface area contributed by atoms with Crippen molar-refractivity contribution in [3.05, 3.63) is 64.7 Å². The Morgan fingerprint density at radius 3 is 2.48 bits per heavy atom. The monoisotopic (exact) mass is 463 g/mol. The first-order chi connectivity index (χ1) is 15.8. The lowest BCUT2D eigenvalue weighted by Gasteiger charge is -2.37. The first kappa shape index (κ1) is 23.5. The lowest BCUT2D eigenvalue weighted by Crippen LogP contribution is -2.47. The van der Waals surface area contributed by atoms with Gasteiger partial charge in [0.05, 0.1) is 18.3 Å². The molecule has 1 unspecified atom stereocenters. The third kappa shape index (κ3) is 5.66. The molecular formula is C24H28F3N3O3. The number of ether oxygens (including phenoxy) is 1. The van der Waals surface area contributed by atoms with Gasteiger partial charge < -0.3 is 20.1 Å². The van der Waals surface area contributed by atoms with Crippen LogP contribution in [-0.2, 0) is 17.3 Å². The van der Waals surface area contributed by atoms with Gasteiger partial charge in [0.2, 0.25) is 0 Å². The summed E-state index contributed by atoms with van der Waals surface area (Å²) in [5, 5.41) is 11.3. The van der Waals surface area contributed by atoms with Crippen molar-refractivity contribution in [2.45, 2.75) is 25.1 Å². The van der Waals surface area contributed by atoms with Gasteiger partial charge in [-0.1, -0.05) is 6.07 Å². The average Bonchev–Trinajstić information content (AvgIpc) is 2.82. The molecule has 0 radical (unpaired) electrons. The number of rotatable bonds is 6. The first-order valence-electron chi connectivity index (χ1n) is 11.1. The number of amides is 1. The second-order valence-corrected chi connectivity index (χ2v) is 8.35. The van der Waals surface area contributed by atoms with Crippen molar-refractivity contribution < 1.29 is 27.8 Å². The molecule has 9 heteroatoms. The molecule has 1 saturated heterocycles. The van der Waals surface area contributed by atoms with Gasteiger partial charge in [-0.05, 0) is 60.4 Å². The van der Waals surface area contributed by atoms with Crippen molar-refractivity contribution in [1.82, 2.24) is 10.2 Å². The van der Waals surface area contributed by atoms with Crippen molar-refractivity contribution in [1.29, 1.82) is 0 Å². The normalized spacial score (nSPS) is 19.3. The van der Waals surface area contributed by atoms with E-state index in [4.69, 9.17) is 9.84 Å². The molecule has 1 atom stereocenters. The number of carbonyl (C=O) groups is 1. The Bertz CT molecular complexity index is 958. The molecule has 0 aliphatic carbocycles. The molecular weight excluding hydrogens is 435 g/mol. The summed E-state index contributed by atoms with van der Waals surface area (Å²) in [5.41, 5.74) is 2.92. The Kier molecular flexibility index (Phi) is 7.21. The number of nitrogens with one attached hydrogen (secondary N) is 1. The second-order valence-electron chi connectivity index (χ2n) is 8.35. The van der Waals surface area contributed by atoms with E-state index in [2.05, 4.69) is 15.1 Å². The number of aliphatic hydroxyl groups excluding tert-OH is 1. The molecule has 0 spiro atoms. The summed E-state index contributed by atoms with van der Waals surface area (Å²) >= 11 is 0. The number of benzene rings is 2. The summed E-state index contributed by atoms with van der Waals surface area (Å²) in [6.45, 7) is 4.26. The van der Waals surface area contributed by atoms with Crippen LogP contribution in [0.1, 0.15) is 39.6 Å². The fourth-order valence-electron chi connectivity index (χ4n) is 4.48. The van der Waals surface area contributed by atoms with E-state index in [9.17, 15) is 18.0 Å². The smallest absolute Gasteiger partial charge is 0.376 e. The maximum atomic E-state index is 12.8. The highest BCUT2D eigenvalue weighted by atomic mass is 19.4. The van der Waals surface area contributed by atoms with Gasteiger partial charge in [-0.3, -0.25) is 9.69 Å². The highest BCUT2D eigenvalue weighted by Gasteiger charge is 2.30. The minimum absolute atomic E-state index is 0.0309. The quantitative estimate of drug-likeness (QED) is 0.645. The van der Waals surface area contributed by atoms with Crippen LogP contribution in [0.4, 0.5) is 18.9 Å². The van der Waals surface area contributed by atoms with Crippen molar-refractivity contribution in [3.63, 3.8) is 0 Å².